The molecule has 1 saturated heterocycles. The normalized spacial score (nSPS) is 22.6. The van der Waals surface area contributed by atoms with Crippen LogP contribution in [-0.2, 0) is 22.6 Å². The minimum absolute atomic E-state index is 0.00509. The predicted octanol–water partition coefficient (Wildman–Crippen LogP) is 5.95. The van der Waals surface area contributed by atoms with Gasteiger partial charge in [-0.15, -0.1) is 6.58 Å². The van der Waals surface area contributed by atoms with Gasteiger partial charge in [-0.3, -0.25) is 19.4 Å². The van der Waals surface area contributed by atoms with Crippen molar-refractivity contribution in [3.05, 3.63) is 119 Å². The molecule has 3 aliphatic rings. The molecule has 0 radical (unpaired) electrons. The first-order valence-corrected chi connectivity index (χ1v) is 14.9. The van der Waals surface area contributed by atoms with E-state index in [9.17, 15) is 14.7 Å². The van der Waals surface area contributed by atoms with Gasteiger partial charge in [0.05, 0.1) is 36.5 Å². The van der Waals surface area contributed by atoms with Gasteiger partial charge in [-0.05, 0) is 41.7 Å². The molecule has 218 valence electrons. The van der Waals surface area contributed by atoms with Crippen LogP contribution in [0.25, 0.3) is 0 Å². The Morgan fingerprint density at radius 3 is 2.10 bits per heavy atom. The summed E-state index contributed by atoms with van der Waals surface area (Å²) < 4.78 is 13.1. The number of hydrogen-bond acceptors (Lipinski definition) is 6. The van der Waals surface area contributed by atoms with Gasteiger partial charge >= 0.3 is 0 Å². The first-order valence-electron chi connectivity index (χ1n) is 14.9. The molecule has 0 spiro atoms. The van der Waals surface area contributed by atoms with Crippen LogP contribution in [0.1, 0.15) is 87.5 Å². The van der Waals surface area contributed by atoms with Crippen LogP contribution in [-0.4, -0.2) is 52.0 Å². The van der Waals surface area contributed by atoms with Crippen molar-refractivity contribution in [3.63, 3.8) is 0 Å². The highest BCUT2D eigenvalue weighted by atomic mass is 16.7. The molecule has 0 bridgehead atoms. The largest absolute Gasteiger partial charge is 0.392 e. The number of nitrogens with zero attached hydrogens (tertiary/aromatic N) is 2. The number of benzene rings is 3. The minimum Gasteiger partial charge on any atom is -0.392 e. The molecule has 1 aliphatic carbocycles. The monoisotopic (exact) mass is 566 g/mol. The smallest absolute Gasteiger partial charge is 0.261 e. The Labute approximate surface area is 247 Å². The van der Waals surface area contributed by atoms with Crippen LogP contribution < -0.4 is 0 Å². The van der Waals surface area contributed by atoms with E-state index >= 15 is 0 Å². The second-order valence-corrected chi connectivity index (χ2v) is 11.5. The van der Waals surface area contributed by atoms with E-state index in [4.69, 9.17) is 9.47 Å². The molecule has 3 aromatic carbocycles. The average Bonchev–Trinajstić information content (AvgIpc) is 3.65. The van der Waals surface area contributed by atoms with Crippen LogP contribution in [0.4, 0.5) is 0 Å². The summed E-state index contributed by atoms with van der Waals surface area (Å²) in [5.41, 5.74) is 4.58. The van der Waals surface area contributed by atoms with Crippen LogP contribution in [0, 0.1) is 0 Å². The van der Waals surface area contributed by atoms with Crippen LogP contribution in [0.3, 0.4) is 0 Å². The van der Waals surface area contributed by atoms with E-state index < -0.39 is 6.29 Å². The van der Waals surface area contributed by atoms with Gasteiger partial charge in [0.25, 0.3) is 11.8 Å². The maximum atomic E-state index is 12.8. The summed E-state index contributed by atoms with van der Waals surface area (Å²) in [4.78, 5) is 29.5. The maximum Gasteiger partial charge on any atom is 0.261 e. The van der Waals surface area contributed by atoms with Crippen molar-refractivity contribution in [2.24, 2.45) is 0 Å². The zero-order chi connectivity index (χ0) is 29.1. The highest BCUT2D eigenvalue weighted by Gasteiger charge is 2.36. The number of fused-ring (bicyclic) bond motifs is 1. The Hall–Kier alpha value is -3.62. The summed E-state index contributed by atoms with van der Waals surface area (Å²) in [6.07, 6.45) is 6.90. The summed E-state index contributed by atoms with van der Waals surface area (Å²) in [6.45, 7) is 5.85. The lowest BCUT2D eigenvalue weighted by Gasteiger charge is -2.39. The third-order valence-electron chi connectivity index (χ3n) is 8.73. The summed E-state index contributed by atoms with van der Waals surface area (Å²) >= 11 is 0. The number of amides is 2. The molecule has 3 atom stereocenters. The van der Waals surface area contributed by atoms with Gasteiger partial charge < -0.3 is 14.6 Å². The van der Waals surface area contributed by atoms with E-state index in [2.05, 4.69) is 11.5 Å². The zero-order valence-corrected chi connectivity index (χ0v) is 23.9. The molecule has 2 amide bonds. The van der Waals surface area contributed by atoms with Crippen molar-refractivity contribution >= 4 is 11.8 Å². The second kappa shape index (κ2) is 12.7. The molecule has 42 heavy (non-hydrogen) atoms. The average molecular weight is 567 g/mol. The molecule has 2 aliphatic heterocycles. The van der Waals surface area contributed by atoms with Gasteiger partial charge in [-0.1, -0.05) is 79.6 Å². The maximum absolute atomic E-state index is 12.8. The van der Waals surface area contributed by atoms with Crippen LogP contribution in [0.15, 0.2) is 85.5 Å². The number of aliphatic hydroxyl groups excluding tert-OH is 1. The van der Waals surface area contributed by atoms with Crippen LogP contribution in [0.2, 0.25) is 0 Å². The van der Waals surface area contributed by atoms with Crippen molar-refractivity contribution in [3.8, 4) is 0 Å². The molecule has 3 aromatic rings. The fourth-order valence-corrected chi connectivity index (χ4v) is 6.45. The van der Waals surface area contributed by atoms with Gasteiger partial charge in [0.2, 0.25) is 0 Å². The molecule has 1 N–H and O–H groups in total. The first kappa shape index (κ1) is 28.5. The van der Waals surface area contributed by atoms with Gasteiger partial charge in [0.1, 0.15) is 0 Å². The Bertz CT molecular complexity index is 1380. The van der Waals surface area contributed by atoms with Crippen molar-refractivity contribution < 1.29 is 24.2 Å². The van der Waals surface area contributed by atoms with E-state index in [1.807, 2.05) is 54.6 Å². The van der Waals surface area contributed by atoms with E-state index in [1.165, 1.54) is 30.6 Å². The molecule has 0 unspecified atom stereocenters. The van der Waals surface area contributed by atoms with Crippen molar-refractivity contribution in [1.29, 1.82) is 0 Å². The Kier molecular flexibility index (Phi) is 8.63. The second-order valence-electron chi connectivity index (χ2n) is 11.5. The Balaban J connectivity index is 1.20. The fourth-order valence-electron chi connectivity index (χ4n) is 6.45. The standard InChI is InChI=1S/C35H38N2O5/c1-2-19-36(28-7-3-4-8-28)22-29-20-32(26-15-13-25(23-38)14-16-26)42-35(41-29)27-17-11-24(12-18-27)21-37-33(39)30-9-5-6-10-31(30)34(37)40/h2,5-6,9-18,28-29,32,35,38H,1,3-4,7-8,19-23H2/t29-,32+,35+/m1/s1. The predicted molar refractivity (Wildman–Crippen MR) is 160 cm³/mol. The molecule has 2 fully saturated rings. The third kappa shape index (κ3) is 5.96. The molecule has 1 saturated carbocycles. The summed E-state index contributed by atoms with van der Waals surface area (Å²) in [5, 5.41) is 9.51. The van der Waals surface area contributed by atoms with Gasteiger partial charge in [0, 0.05) is 31.1 Å². The number of ether oxygens (including phenoxy) is 2. The lowest BCUT2D eigenvalue weighted by Crippen LogP contribution is -2.43. The Morgan fingerprint density at radius 2 is 1.48 bits per heavy atom. The van der Waals surface area contributed by atoms with Crippen LogP contribution >= 0.6 is 0 Å². The molecule has 6 rings (SSSR count). The molecule has 7 nitrogen and oxygen atoms in total. The zero-order valence-electron chi connectivity index (χ0n) is 23.9. The fraction of sp³-hybridized carbons (Fsp3) is 0.371. The topological polar surface area (TPSA) is 79.3 Å². The van der Waals surface area contributed by atoms with E-state index in [-0.39, 0.29) is 37.2 Å². The van der Waals surface area contributed by atoms with Gasteiger partial charge in [0.15, 0.2) is 6.29 Å². The van der Waals surface area contributed by atoms with Crippen LogP contribution in [0.5, 0.6) is 0 Å². The molecular formula is C35H38N2O5. The Morgan fingerprint density at radius 1 is 0.857 bits per heavy atom. The minimum atomic E-state index is -0.561. The lowest BCUT2D eigenvalue weighted by molar-refractivity contribution is -0.253. The summed E-state index contributed by atoms with van der Waals surface area (Å²) in [6, 6.07) is 23.2. The number of carbonyl (C=O) groups excluding carboxylic acids is 2. The molecular weight excluding hydrogens is 528 g/mol. The van der Waals surface area contributed by atoms with E-state index in [0.717, 1.165) is 41.8 Å². The summed E-state index contributed by atoms with van der Waals surface area (Å²) in [5.74, 6) is -0.522. The van der Waals surface area contributed by atoms with Gasteiger partial charge in [-0.25, -0.2) is 0 Å². The van der Waals surface area contributed by atoms with E-state index in [1.54, 1.807) is 24.3 Å². The number of carbonyl (C=O) groups is 2. The highest BCUT2D eigenvalue weighted by molar-refractivity contribution is 6.21. The number of imide groups is 1. The number of rotatable bonds is 10. The van der Waals surface area contributed by atoms with E-state index in [0.29, 0.717) is 17.2 Å². The lowest BCUT2D eigenvalue weighted by atomic mass is 9.99. The molecule has 2 heterocycles. The molecule has 7 heteroatoms. The summed E-state index contributed by atoms with van der Waals surface area (Å²) in [7, 11) is 0. The third-order valence-corrected chi connectivity index (χ3v) is 8.73. The molecule has 0 aromatic heterocycles. The first-order chi connectivity index (χ1) is 20.5. The van der Waals surface area contributed by atoms with Crippen molar-refractivity contribution in [1.82, 2.24) is 9.80 Å². The number of hydrogen-bond donors (Lipinski definition) is 1. The van der Waals surface area contributed by atoms with Crippen molar-refractivity contribution in [2.75, 3.05) is 13.1 Å². The SMILES string of the molecule is C=CCN(C[C@H]1C[C@@H](c2ccc(CO)cc2)O[C@@H](c2ccc(CN3C(=O)c4ccccc4C3=O)cc2)O1)C1CCCC1. The van der Waals surface area contributed by atoms with Crippen molar-refractivity contribution in [2.45, 2.75) is 69.8 Å². The van der Waals surface area contributed by atoms with Gasteiger partial charge in [-0.2, -0.15) is 0 Å². The highest BCUT2D eigenvalue weighted by Crippen LogP contribution is 2.39. The number of aliphatic hydroxyl groups is 1. The quantitative estimate of drug-likeness (QED) is 0.241.